The maximum atomic E-state index is 13.5. The van der Waals surface area contributed by atoms with Gasteiger partial charge in [-0.05, 0) is 60.5 Å². The highest BCUT2D eigenvalue weighted by atomic mass is 19.4. The maximum absolute atomic E-state index is 13.5. The number of pyridine rings is 3. The molecule has 0 unspecified atom stereocenters. The van der Waals surface area contributed by atoms with Crippen molar-refractivity contribution in [2.24, 2.45) is 5.92 Å². The Hall–Kier alpha value is -3.73. The normalized spacial score (nSPS) is 12.4. The van der Waals surface area contributed by atoms with Crippen molar-refractivity contribution in [2.45, 2.75) is 32.8 Å². The number of benzene rings is 1. The van der Waals surface area contributed by atoms with Crippen LogP contribution in [0, 0.1) is 5.92 Å². The smallest absolute Gasteiger partial charge is 0.375 e. The number of fused-ring (bicyclic) bond motifs is 1. The Morgan fingerprint density at radius 1 is 0.892 bits per heavy atom. The molecule has 3 aromatic heterocycles. The lowest BCUT2D eigenvalue weighted by atomic mass is 10.1. The van der Waals surface area contributed by atoms with E-state index in [4.69, 9.17) is 4.74 Å². The summed E-state index contributed by atoms with van der Waals surface area (Å²) < 4.78 is 85.1. The standard InChI is InChI=1S/C26H22F6N4O/c1-15(2)13-37-14-18-12-22(34-17-7-5-16(6-8-17)25(27,28)29)19-9-10-21(36-24(19)35-18)23-20(26(30,31)32)4-3-11-33-23/h3-12,15H,13-14H2,1-2H3,(H,34,35,36). The summed E-state index contributed by atoms with van der Waals surface area (Å²) in [5.74, 6) is 0.264. The van der Waals surface area contributed by atoms with E-state index in [1.807, 2.05) is 13.8 Å². The number of halogens is 6. The maximum Gasteiger partial charge on any atom is 0.418 e. The fraction of sp³-hybridized carbons (Fsp3) is 0.269. The van der Waals surface area contributed by atoms with Crippen LogP contribution in [-0.2, 0) is 23.7 Å². The van der Waals surface area contributed by atoms with Gasteiger partial charge in [0.1, 0.15) is 5.69 Å². The van der Waals surface area contributed by atoms with Crippen LogP contribution in [0.4, 0.5) is 37.7 Å². The van der Waals surface area contributed by atoms with Gasteiger partial charge in [0.25, 0.3) is 0 Å². The quantitative estimate of drug-likeness (QED) is 0.254. The first-order valence-electron chi connectivity index (χ1n) is 11.3. The summed E-state index contributed by atoms with van der Waals surface area (Å²) in [4.78, 5) is 12.7. The Morgan fingerprint density at radius 2 is 1.62 bits per heavy atom. The minimum atomic E-state index is -4.63. The zero-order valence-electron chi connectivity index (χ0n) is 19.8. The molecule has 0 saturated heterocycles. The average molecular weight is 520 g/mol. The van der Waals surface area contributed by atoms with Crippen LogP contribution >= 0.6 is 0 Å². The van der Waals surface area contributed by atoms with Crippen molar-refractivity contribution < 1.29 is 31.1 Å². The summed E-state index contributed by atoms with van der Waals surface area (Å²) in [6, 6.07) is 11.2. The van der Waals surface area contributed by atoms with Crippen LogP contribution in [-0.4, -0.2) is 21.6 Å². The summed E-state index contributed by atoms with van der Waals surface area (Å²) in [5.41, 5.74) is -0.651. The molecule has 0 amide bonds. The average Bonchev–Trinajstić information content (AvgIpc) is 2.83. The van der Waals surface area contributed by atoms with Gasteiger partial charge in [-0.25, -0.2) is 9.97 Å². The van der Waals surface area contributed by atoms with Crippen LogP contribution in [0.15, 0.2) is 60.8 Å². The number of aromatic nitrogens is 3. The van der Waals surface area contributed by atoms with E-state index in [9.17, 15) is 26.3 Å². The van der Waals surface area contributed by atoms with E-state index in [0.29, 0.717) is 29.1 Å². The summed E-state index contributed by atoms with van der Waals surface area (Å²) in [6.45, 7) is 4.52. The van der Waals surface area contributed by atoms with E-state index in [1.54, 1.807) is 12.1 Å². The monoisotopic (exact) mass is 520 g/mol. The van der Waals surface area contributed by atoms with Gasteiger partial charge < -0.3 is 10.1 Å². The van der Waals surface area contributed by atoms with Gasteiger partial charge >= 0.3 is 12.4 Å². The lowest BCUT2D eigenvalue weighted by molar-refractivity contribution is -0.138. The molecule has 0 aliphatic rings. The Morgan fingerprint density at radius 3 is 2.27 bits per heavy atom. The van der Waals surface area contributed by atoms with E-state index in [0.717, 1.165) is 18.2 Å². The van der Waals surface area contributed by atoms with Crippen LogP contribution in [0.2, 0.25) is 0 Å². The Bertz CT molecular complexity index is 1380. The number of alkyl halides is 6. The van der Waals surface area contributed by atoms with Gasteiger partial charge in [-0.2, -0.15) is 26.3 Å². The van der Waals surface area contributed by atoms with Crippen molar-refractivity contribution in [3.63, 3.8) is 0 Å². The van der Waals surface area contributed by atoms with Crippen LogP contribution in [0.3, 0.4) is 0 Å². The first-order chi connectivity index (χ1) is 17.4. The lowest BCUT2D eigenvalue weighted by Crippen LogP contribution is -2.09. The van der Waals surface area contributed by atoms with Gasteiger partial charge in [0.05, 0.1) is 34.8 Å². The van der Waals surface area contributed by atoms with E-state index >= 15 is 0 Å². The van der Waals surface area contributed by atoms with Crippen LogP contribution in [0.25, 0.3) is 22.4 Å². The van der Waals surface area contributed by atoms with Crippen molar-refractivity contribution in [2.75, 3.05) is 11.9 Å². The molecule has 0 atom stereocenters. The summed E-state index contributed by atoms with van der Waals surface area (Å²) in [5, 5.41) is 3.52. The third kappa shape index (κ3) is 6.34. The van der Waals surface area contributed by atoms with Crippen LogP contribution < -0.4 is 5.32 Å². The molecule has 3 heterocycles. The highest BCUT2D eigenvalue weighted by molar-refractivity contribution is 5.92. The van der Waals surface area contributed by atoms with Crippen molar-refractivity contribution >= 4 is 22.4 Å². The third-order valence-corrected chi connectivity index (χ3v) is 5.27. The predicted molar refractivity (Wildman–Crippen MR) is 127 cm³/mol. The topological polar surface area (TPSA) is 59.9 Å². The highest BCUT2D eigenvalue weighted by Gasteiger charge is 2.34. The SMILES string of the molecule is CC(C)COCc1cc(Nc2ccc(C(F)(F)F)cc2)c2ccc(-c3ncccc3C(F)(F)F)nc2n1. The second-order valence-electron chi connectivity index (χ2n) is 8.74. The second kappa shape index (κ2) is 10.3. The van der Waals surface area contributed by atoms with Crippen molar-refractivity contribution in [3.8, 4) is 11.4 Å². The molecule has 4 aromatic rings. The van der Waals surface area contributed by atoms with Gasteiger partial charge in [0, 0.05) is 23.9 Å². The minimum absolute atomic E-state index is 0.0198. The molecule has 0 bridgehead atoms. The molecule has 0 radical (unpaired) electrons. The van der Waals surface area contributed by atoms with Crippen molar-refractivity contribution in [1.29, 1.82) is 0 Å². The van der Waals surface area contributed by atoms with Crippen LogP contribution in [0.1, 0.15) is 30.7 Å². The summed E-state index contributed by atoms with van der Waals surface area (Å²) >= 11 is 0. The molecular weight excluding hydrogens is 498 g/mol. The fourth-order valence-corrected chi connectivity index (χ4v) is 3.60. The van der Waals surface area contributed by atoms with Gasteiger partial charge in [0.15, 0.2) is 5.65 Å². The van der Waals surface area contributed by atoms with Gasteiger partial charge in [-0.1, -0.05) is 13.8 Å². The molecule has 11 heteroatoms. The molecule has 1 N–H and O–H groups in total. The first kappa shape index (κ1) is 26.3. The van der Waals surface area contributed by atoms with E-state index in [1.165, 1.54) is 30.5 Å². The molecule has 4 rings (SSSR count). The molecule has 5 nitrogen and oxygen atoms in total. The summed E-state index contributed by atoms with van der Waals surface area (Å²) in [7, 11) is 0. The fourth-order valence-electron chi connectivity index (χ4n) is 3.60. The van der Waals surface area contributed by atoms with E-state index in [-0.39, 0.29) is 29.6 Å². The Balaban J connectivity index is 1.77. The molecule has 0 saturated carbocycles. The Labute approximate surface area is 208 Å². The zero-order valence-corrected chi connectivity index (χ0v) is 19.8. The molecule has 194 valence electrons. The van der Waals surface area contributed by atoms with Gasteiger partial charge in [0.2, 0.25) is 0 Å². The number of ether oxygens (including phenoxy) is 1. The molecule has 1 aromatic carbocycles. The van der Waals surface area contributed by atoms with Crippen molar-refractivity contribution in [1.82, 2.24) is 15.0 Å². The predicted octanol–water partition coefficient (Wildman–Crippen LogP) is 7.65. The number of nitrogens with one attached hydrogen (secondary N) is 1. The second-order valence-corrected chi connectivity index (χ2v) is 8.74. The largest absolute Gasteiger partial charge is 0.418 e. The minimum Gasteiger partial charge on any atom is -0.375 e. The van der Waals surface area contributed by atoms with Gasteiger partial charge in [-0.15, -0.1) is 0 Å². The summed E-state index contributed by atoms with van der Waals surface area (Å²) in [6.07, 6.45) is -7.85. The van der Waals surface area contributed by atoms with Crippen molar-refractivity contribution in [3.05, 3.63) is 77.6 Å². The number of anilines is 2. The lowest BCUT2D eigenvalue weighted by Gasteiger charge is -2.15. The molecule has 0 aliphatic heterocycles. The van der Waals surface area contributed by atoms with Gasteiger partial charge in [-0.3, -0.25) is 4.98 Å². The molecule has 0 aliphatic carbocycles. The molecular formula is C26H22F6N4O. The number of hydrogen-bond donors (Lipinski definition) is 1. The van der Waals surface area contributed by atoms with E-state index in [2.05, 4.69) is 20.3 Å². The Kier molecular flexibility index (Phi) is 7.35. The third-order valence-electron chi connectivity index (χ3n) is 5.27. The molecule has 37 heavy (non-hydrogen) atoms. The zero-order chi connectivity index (χ0) is 26.8. The number of rotatable bonds is 7. The highest BCUT2D eigenvalue weighted by Crippen LogP contribution is 2.36. The van der Waals surface area contributed by atoms with E-state index < -0.39 is 23.5 Å². The number of nitrogens with zero attached hydrogens (tertiary/aromatic N) is 3. The van der Waals surface area contributed by atoms with Crippen LogP contribution in [0.5, 0.6) is 0 Å². The number of hydrogen-bond acceptors (Lipinski definition) is 5. The molecule has 0 fully saturated rings. The molecule has 0 spiro atoms. The first-order valence-corrected chi connectivity index (χ1v) is 11.3.